The summed E-state index contributed by atoms with van der Waals surface area (Å²) in [7, 11) is 0. The molecule has 0 N–H and O–H groups in total. The van der Waals surface area contributed by atoms with Gasteiger partial charge in [0.1, 0.15) is 12.1 Å². The van der Waals surface area contributed by atoms with Crippen LogP contribution in [0.2, 0.25) is 0 Å². The summed E-state index contributed by atoms with van der Waals surface area (Å²) in [5.41, 5.74) is 21.6. The summed E-state index contributed by atoms with van der Waals surface area (Å²) in [6, 6.07) is 91.5. The van der Waals surface area contributed by atoms with Gasteiger partial charge in [0.25, 0.3) is 0 Å². The number of anilines is 6. The van der Waals surface area contributed by atoms with Crippen LogP contribution >= 0.6 is 0 Å². The van der Waals surface area contributed by atoms with Gasteiger partial charge in [-0.3, -0.25) is 0 Å². The zero-order valence-corrected chi connectivity index (χ0v) is 44.8. The van der Waals surface area contributed by atoms with Crippen molar-refractivity contribution in [3.8, 4) is 45.8 Å². The first-order valence-corrected chi connectivity index (χ1v) is 27.4. The fourth-order valence-electron chi connectivity index (χ4n) is 13.5. The number of nitrogens with zero attached hydrogens (tertiary/aromatic N) is 6. The highest BCUT2D eigenvalue weighted by atomic mass is 15.1. The van der Waals surface area contributed by atoms with Crippen LogP contribution in [0, 0.1) is 22.7 Å². The third kappa shape index (κ3) is 6.83. The van der Waals surface area contributed by atoms with Gasteiger partial charge in [-0.25, -0.2) is 0 Å². The summed E-state index contributed by atoms with van der Waals surface area (Å²) in [5.74, 6) is 0. The number of hydrogen-bond acceptors (Lipinski definition) is 4. The monoisotopic (exact) mass is 1020 g/mol. The Hall–Kier alpha value is -10.4. The second kappa shape index (κ2) is 17.6. The predicted molar refractivity (Wildman–Crippen MR) is 329 cm³/mol. The molecule has 0 spiro atoms. The van der Waals surface area contributed by atoms with E-state index in [-0.39, 0.29) is 10.8 Å². The molecule has 0 amide bonds. The van der Waals surface area contributed by atoms with Gasteiger partial charge in [0.05, 0.1) is 44.6 Å². The molecular formula is C74H52N6. The van der Waals surface area contributed by atoms with Crippen LogP contribution in [0.15, 0.2) is 243 Å². The number of benzene rings is 11. The molecule has 2 heterocycles. The fraction of sp³-hybridized carbons (Fsp3) is 0.0811. The Morgan fingerprint density at radius 1 is 0.300 bits per heavy atom. The quantitative estimate of drug-likeness (QED) is 0.152. The average molecular weight is 1030 g/mol. The van der Waals surface area contributed by atoms with Crippen LogP contribution in [0.25, 0.3) is 77.2 Å². The van der Waals surface area contributed by atoms with Crippen molar-refractivity contribution in [2.45, 2.75) is 38.5 Å². The van der Waals surface area contributed by atoms with Crippen molar-refractivity contribution in [3.05, 3.63) is 276 Å². The molecular weight excluding hydrogens is 973 g/mol. The summed E-state index contributed by atoms with van der Waals surface area (Å²) in [5, 5.41) is 27.5. The van der Waals surface area contributed by atoms with Crippen molar-refractivity contribution in [2.75, 3.05) is 9.80 Å². The molecule has 0 unspecified atom stereocenters. The number of hydrogen-bond donors (Lipinski definition) is 0. The molecule has 6 heteroatoms. The Balaban J connectivity index is 0.990. The minimum absolute atomic E-state index is 0.282. The van der Waals surface area contributed by atoms with E-state index in [1.807, 2.05) is 36.4 Å². The van der Waals surface area contributed by atoms with Crippen molar-refractivity contribution >= 4 is 77.7 Å². The molecule has 0 saturated heterocycles. The molecule has 2 aliphatic rings. The van der Waals surface area contributed by atoms with Gasteiger partial charge < -0.3 is 18.9 Å². The van der Waals surface area contributed by atoms with Crippen LogP contribution < -0.4 is 9.80 Å². The molecule has 0 saturated carbocycles. The third-order valence-corrected chi connectivity index (χ3v) is 17.3. The fourth-order valence-corrected chi connectivity index (χ4v) is 13.5. The Kier molecular flexibility index (Phi) is 10.3. The standard InChI is InChI=1S/C74H52N6/c1-73(2)63-31-19-17-29-55(63)57-41-61-59-39-53(77(49-21-9-5-10-22-49)50-23-11-6-12-24-50)33-35-67(59)79(71(61)43-65(57)73)69-37-48(46-76)70(38-47(69)45-75)80-68-36-34-54(78(51-25-13-7-14-26-51)52-27-15-8-16-28-52)40-60(68)62-42-58-56-30-18-20-32-64(56)74(3,4)66(58)44-72(62)80/h5-44H,1-4H3. The molecule has 11 aromatic carbocycles. The zero-order valence-electron chi connectivity index (χ0n) is 44.8. The van der Waals surface area contributed by atoms with Gasteiger partial charge in [-0.15, -0.1) is 0 Å². The van der Waals surface area contributed by atoms with Crippen molar-refractivity contribution in [1.29, 1.82) is 10.5 Å². The summed E-state index contributed by atoms with van der Waals surface area (Å²) in [6.07, 6.45) is 0. The summed E-state index contributed by atoms with van der Waals surface area (Å²) >= 11 is 0. The summed E-state index contributed by atoms with van der Waals surface area (Å²) < 4.78 is 4.47. The number of para-hydroxylation sites is 4. The van der Waals surface area contributed by atoms with E-state index in [2.05, 4.69) is 265 Å². The molecule has 378 valence electrons. The van der Waals surface area contributed by atoms with E-state index in [0.717, 1.165) is 77.7 Å². The lowest BCUT2D eigenvalue weighted by molar-refractivity contribution is 0.661. The third-order valence-electron chi connectivity index (χ3n) is 17.3. The van der Waals surface area contributed by atoms with Gasteiger partial charge in [0.2, 0.25) is 0 Å². The molecule has 15 rings (SSSR count). The van der Waals surface area contributed by atoms with Crippen LogP contribution in [0.1, 0.15) is 61.1 Å². The molecule has 6 nitrogen and oxygen atoms in total. The van der Waals surface area contributed by atoms with Gasteiger partial charge in [0.15, 0.2) is 0 Å². The lowest BCUT2D eigenvalue weighted by Crippen LogP contribution is -2.15. The van der Waals surface area contributed by atoms with E-state index >= 15 is 0 Å². The first-order valence-electron chi connectivity index (χ1n) is 27.4. The average Bonchev–Trinajstić information content (AvgIpc) is 3.53. The predicted octanol–water partition coefficient (Wildman–Crippen LogP) is 19.2. The van der Waals surface area contributed by atoms with Gasteiger partial charge >= 0.3 is 0 Å². The maximum absolute atomic E-state index is 11.6. The second-order valence-corrected chi connectivity index (χ2v) is 22.4. The highest BCUT2D eigenvalue weighted by Gasteiger charge is 2.38. The number of aromatic nitrogens is 2. The molecule has 80 heavy (non-hydrogen) atoms. The van der Waals surface area contributed by atoms with E-state index in [4.69, 9.17) is 0 Å². The normalized spacial score (nSPS) is 13.4. The first kappa shape index (κ1) is 46.9. The van der Waals surface area contributed by atoms with Crippen molar-refractivity contribution in [2.24, 2.45) is 0 Å². The SMILES string of the molecule is CC1(C)c2ccccc2-c2cc3c4cc(N(c5ccccc5)c5ccccc5)ccc4n(-c4cc(C#N)c(-n5c6ccc(N(c7ccccc7)c7ccccc7)cc6c6cc7c(cc65)C(C)(C)c5ccccc5-7)cc4C#N)c3cc21. The van der Waals surface area contributed by atoms with Crippen molar-refractivity contribution < 1.29 is 0 Å². The van der Waals surface area contributed by atoms with E-state index < -0.39 is 0 Å². The molecule has 2 aromatic heterocycles. The topological polar surface area (TPSA) is 63.9 Å². The molecule has 2 aliphatic carbocycles. The van der Waals surface area contributed by atoms with Crippen molar-refractivity contribution in [3.63, 3.8) is 0 Å². The second-order valence-electron chi connectivity index (χ2n) is 22.4. The highest BCUT2D eigenvalue weighted by Crippen LogP contribution is 2.54. The Morgan fingerprint density at radius 3 is 0.975 bits per heavy atom. The minimum Gasteiger partial charge on any atom is -0.310 e. The number of rotatable bonds is 8. The zero-order chi connectivity index (χ0) is 54.0. The lowest BCUT2D eigenvalue weighted by Gasteiger charge is -2.25. The first-order chi connectivity index (χ1) is 39.1. The largest absolute Gasteiger partial charge is 0.310 e. The van der Waals surface area contributed by atoms with E-state index in [1.54, 1.807) is 0 Å². The van der Waals surface area contributed by atoms with Crippen LogP contribution in [0.5, 0.6) is 0 Å². The lowest BCUT2D eigenvalue weighted by atomic mass is 9.82. The Labute approximate surface area is 465 Å². The highest BCUT2D eigenvalue weighted by molar-refractivity contribution is 6.15. The van der Waals surface area contributed by atoms with E-state index in [9.17, 15) is 10.5 Å². The Bertz CT molecular complexity index is 4400. The molecule has 0 aliphatic heterocycles. The van der Waals surface area contributed by atoms with E-state index in [0.29, 0.717) is 22.5 Å². The van der Waals surface area contributed by atoms with E-state index in [1.165, 1.54) is 44.5 Å². The maximum atomic E-state index is 11.6. The van der Waals surface area contributed by atoms with Gasteiger partial charge in [-0.1, -0.05) is 149 Å². The van der Waals surface area contributed by atoms with Crippen molar-refractivity contribution in [1.82, 2.24) is 9.13 Å². The minimum atomic E-state index is -0.282. The Morgan fingerprint density at radius 2 is 0.625 bits per heavy atom. The van der Waals surface area contributed by atoms with Gasteiger partial charge in [0, 0.05) is 66.5 Å². The van der Waals surface area contributed by atoms with Gasteiger partial charge in [-0.05, 0) is 166 Å². The summed E-state index contributed by atoms with van der Waals surface area (Å²) in [4.78, 5) is 4.59. The van der Waals surface area contributed by atoms with Crippen LogP contribution in [-0.4, -0.2) is 9.13 Å². The molecule has 0 atom stereocenters. The number of fused-ring (bicyclic) bond motifs is 12. The summed E-state index contributed by atoms with van der Waals surface area (Å²) in [6.45, 7) is 9.22. The maximum Gasteiger partial charge on any atom is 0.101 e. The number of nitriles is 2. The molecule has 0 bridgehead atoms. The molecule has 0 fully saturated rings. The van der Waals surface area contributed by atoms with Crippen LogP contribution in [-0.2, 0) is 10.8 Å². The molecule has 0 radical (unpaired) electrons. The van der Waals surface area contributed by atoms with Crippen LogP contribution in [0.3, 0.4) is 0 Å². The smallest absolute Gasteiger partial charge is 0.101 e. The molecule has 13 aromatic rings. The van der Waals surface area contributed by atoms with Crippen LogP contribution in [0.4, 0.5) is 34.1 Å². The van der Waals surface area contributed by atoms with Gasteiger partial charge in [-0.2, -0.15) is 10.5 Å².